The van der Waals surface area contributed by atoms with Crippen molar-refractivity contribution in [3.8, 4) is 0 Å². The zero-order valence-corrected chi connectivity index (χ0v) is 9.09. The predicted molar refractivity (Wildman–Crippen MR) is 58.1 cm³/mol. The molecule has 1 amide bonds. The SMILES string of the molecule is CCN(CCC(=O)O)C(=O)c1cccnc1. The molecule has 0 unspecified atom stereocenters. The van der Waals surface area contributed by atoms with Gasteiger partial charge in [-0.3, -0.25) is 14.6 Å². The van der Waals surface area contributed by atoms with E-state index in [1.54, 1.807) is 18.3 Å². The molecule has 5 nitrogen and oxygen atoms in total. The quantitative estimate of drug-likeness (QED) is 0.807. The fraction of sp³-hybridized carbons (Fsp3) is 0.364. The van der Waals surface area contributed by atoms with E-state index in [0.29, 0.717) is 12.1 Å². The second kappa shape index (κ2) is 5.85. The summed E-state index contributed by atoms with van der Waals surface area (Å²) >= 11 is 0. The van der Waals surface area contributed by atoms with Gasteiger partial charge in [0.15, 0.2) is 0 Å². The van der Waals surface area contributed by atoms with Crippen LogP contribution in [0.3, 0.4) is 0 Å². The molecule has 0 aromatic carbocycles. The lowest BCUT2D eigenvalue weighted by Crippen LogP contribution is -2.32. The molecular weight excluding hydrogens is 208 g/mol. The Labute approximate surface area is 93.7 Å². The van der Waals surface area contributed by atoms with Gasteiger partial charge < -0.3 is 10.0 Å². The summed E-state index contributed by atoms with van der Waals surface area (Å²) in [6.07, 6.45) is 3.02. The van der Waals surface area contributed by atoms with Gasteiger partial charge in [-0.2, -0.15) is 0 Å². The highest BCUT2D eigenvalue weighted by Crippen LogP contribution is 2.03. The number of hydrogen-bond acceptors (Lipinski definition) is 3. The Kier molecular flexibility index (Phi) is 4.44. The molecule has 0 saturated carbocycles. The first kappa shape index (κ1) is 12.2. The van der Waals surface area contributed by atoms with Crippen molar-refractivity contribution < 1.29 is 14.7 Å². The van der Waals surface area contributed by atoms with Crippen molar-refractivity contribution in [2.75, 3.05) is 13.1 Å². The molecule has 1 heterocycles. The van der Waals surface area contributed by atoms with Crippen LogP contribution in [-0.4, -0.2) is 40.0 Å². The first-order valence-electron chi connectivity index (χ1n) is 5.06. The summed E-state index contributed by atoms with van der Waals surface area (Å²) in [5, 5.41) is 8.56. The average molecular weight is 222 g/mol. The number of amides is 1. The van der Waals surface area contributed by atoms with Crippen LogP contribution in [0.15, 0.2) is 24.5 Å². The van der Waals surface area contributed by atoms with E-state index in [1.807, 2.05) is 6.92 Å². The molecule has 0 fully saturated rings. The minimum Gasteiger partial charge on any atom is -0.481 e. The minimum absolute atomic E-state index is 0.0418. The average Bonchev–Trinajstić information content (AvgIpc) is 2.30. The summed E-state index contributed by atoms with van der Waals surface area (Å²) in [5.41, 5.74) is 0.481. The summed E-state index contributed by atoms with van der Waals surface area (Å²) in [4.78, 5) is 27.7. The van der Waals surface area contributed by atoms with E-state index in [4.69, 9.17) is 5.11 Å². The number of aromatic nitrogens is 1. The molecule has 5 heteroatoms. The third kappa shape index (κ3) is 3.34. The van der Waals surface area contributed by atoms with Gasteiger partial charge in [-0.1, -0.05) is 0 Å². The van der Waals surface area contributed by atoms with Gasteiger partial charge in [0.2, 0.25) is 0 Å². The maximum Gasteiger partial charge on any atom is 0.305 e. The highest BCUT2D eigenvalue weighted by Gasteiger charge is 2.14. The van der Waals surface area contributed by atoms with Crippen molar-refractivity contribution in [3.63, 3.8) is 0 Å². The van der Waals surface area contributed by atoms with Crippen LogP contribution in [0.1, 0.15) is 23.7 Å². The second-order valence-electron chi connectivity index (χ2n) is 3.27. The summed E-state index contributed by atoms with van der Waals surface area (Å²) in [6.45, 7) is 2.52. The van der Waals surface area contributed by atoms with Crippen molar-refractivity contribution in [1.29, 1.82) is 0 Å². The van der Waals surface area contributed by atoms with E-state index < -0.39 is 5.97 Å². The second-order valence-corrected chi connectivity index (χ2v) is 3.27. The minimum atomic E-state index is -0.905. The molecule has 0 aliphatic carbocycles. The normalized spacial score (nSPS) is 9.81. The molecule has 1 aromatic heterocycles. The molecule has 0 aliphatic rings. The van der Waals surface area contributed by atoms with Crippen LogP contribution in [-0.2, 0) is 4.79 Å². The molecule has 0 radical (unpaired) electrons. The smallest absolute Gasteiger partial charge is 0.305 e. The van der Waals surface area contributed by atoms with Gasteiger partial charge in [0.1, 0.15) is 0 Å². The summed E-state index contributed by atoms with van der Waals surface area (Å²) < 4.78 is 0. The first-order chi connectivity index (χ1) is 7.65. The van der Waals surface area contributed by atoms with Crippen molar-refractivity contribution in [1.82, 2.24) is 9.88 Å². The molecule has 1 N–H and O–H groups in total. The van der Waals surface area contributed by atoms with Crippen LogP contribution in [0.25, 0.3) is 0 Å². The number of aliphatic carboxylic acids is 1. The number of rotatable bonds is 5. The number of carboxylic acid groups (broad SMARTS) is 1. The van der Waals surface area contributed by atoms with Crippen molar-refractivity contribution in [2.24, 2.45) is 0 Å². The van der Waals surface area contributed by atoms with E-state index in [0.717, 1.165) is 0 Å². The molecule has 1 aromatic rings. The number of nitrogens with zero attached hydrogens (tertiary/aromatic N) is 2. The topological polar surface area (TPSA) is 70.5 Å². The highest BCUT2D eigenvalue weighted by molar-refractivity contribution is 5.94. The maximum atomic E-state index is 11.9. The van der Waals surface area contributed by atoms with Gasteiger partial charge in [0.25, 0.3) is 5.91 Å². The third-order valence-electron chi connectivity index (χ3n) is 2.17. The molecule has 0 spiro atoms. The molecule has 0 bridgehead atoms. The van der Waals surface area contributed by atoms with Crippen LogP contribution in [0.2, 0.25) is 0 Å². The zero-order valence-electron chi connectivity index (χ0n) is 9.09. The largest absolute Gasteiger partial charge is 0.481 e. The number of pyridine rings is 1. The van der Waals surface area contributed by atoms with E-state index >= 15 is 0 Å². The Morgan fingerprint density at radius 1 is 1.50 bits per heavy atom. The lowest BCUT2D eigenvalue weighted by molar-refractivity contribution is -0.137. The van der Waals surface area contributed by atoms with E-state index in [9.17, 15) is 9.59 Å². The zero-order chi connectivity index (χ0) is 12.0. The van der Waals surface area contributed by atoms with E-state index in [-0.39, 0.29) is 18.9 Å². The first-order valence-corrected chi connectivity index (χ1v) is 5.06. The number of hydrogen-bond donors (Lipinski definition) is 1. The standard InChI is InChI=1S/C11H14N2O3/c1-2-13(7-5-10(14)15)11(16)9-4-3-6-12-8-9/h3-4,6,8H,2,5,7H2,1H3,(H,14,15). The Morgan fingerprint density at radius 3 is 2.75 bits per heavy atom. The van der Waals surface area contributed by atoms with Crippen LogP contribution in [0.4, 0.5) is 0 Å². The third-order valence-corrected chi connectivity index (χ3v) is 2.17. The molecule has 0 atom stereocenters. The fourth-order valence-corrected chi connectivity index (χ4v) is 1.31. The van der Waals surface area contributed by atoms with Gasteiger partial charge >= 0.3 is 5.97 Å². The van der Waals surface area contributed by atoms with Gasteiger partial charge in [0.05, 0.1) is 12.0 Å². The summed E-state index contributed by atoms with van der Waals surface area (Å²) in [6, 6.07) is 3.34. The van der Waals surface area contributed by atoms with Crippen LogP contribution in [0, 0.1) is 0 Å². The highest BCUT2D eigenvalue weighted by atomic mass is 16.4. The lowest BCUT2D eigenvalue weighted by Gasteiger charge is -2.19. The summed E-state index contributed by atoms with van der Waals surface area (Å²) in [5.74, 6) is -1.09. The molecule has 16 heavy (non-hydrogen) atoms. The number of carboxylic acids is 1. The predicted octanol–water partition coefficient (Wildman–Crippen LogP) is 1.02. The lowest BCUT2D eigenvalue weighted by atomic mass is 10.2. The molecule has 0 saturated heterocycles. The monoisotopic (exact) mass is 222 g/mol. The molecular formula is C11H14N2O3. The van der Waals surface area contributed by atoms with Gasteiger partial charge in [-0.25, -0.2) is 0 Å². The van der Waals surface area contributed by atoms with Crippen molar-refractivity contribution in [2.45, 2.75) is 13.3 Å². The van der Waals surface area contributed by atoms with Gasteiger partial charge in [-0.05, 0) is 19.1 Å². The molecule has 0 aliphatic heterocycles. The molecule has 1 rings (SSSR count). The molecule has 86 valence electrons. The van der Waals surface area contributed by atoms with E-state index in [1.165, 1.54) is 11.1 Å². The Morgan fingerprint density at radius 2 is 2.25 bits per heavy atom. The number of carbonyl (C=O) groups excluding carboxylic acids is 1. The Hall–Kier alpha value is -1.91. The number of carbonyl (C=O) groups is 2. The fourth-order valence-electron chi connectivity index (χ4n) is 1.31. The van der Waals surface area contributed by atoms with Crippen LogP contribution < -0.4 is 0 Å². The van der Waals surface area contributed by atoms with Crippen molar-refractivity contribution >= 4 is 11.9 Å². The van der Waals surface area contributed by atoms with Gasteiger partial charge in [0, 0.05) is 25.5 Å². The Bertz CT molecular complexity index is 365. The maximum absolute atomic E-state index is 11.9. The van der Waals surface area contributed by atoms with E-state index in [2.05, 4.69) is 4.98 Å². The summed E-state index contributed by atoms with van der Waals surface area (Å²) in [7, 11) is 0. The van der Waals surface area contributed by atoms with Crippen LogP contribution >= 0.6 is 0 Å². The van der Waals surface area contributed by atoms with Crippen LogP contribution in [0.5, 0.6) is 0 Å². The van der Waals surface area contributed by atoms with Gasteiger partial charge in [-0.15, -0.1) is 0 Å². The Balaban J connectivity index is 2.66. The van der Waals surface area contributed by atoms with Crippen molar-refractivity contribution in [3.05, 3.63) is 30.1 Å².